The average molecular weight is 133 g/mol. The van der Waals surface area contributed by atoms with Crippen LogP contribution in [0.15, 0.2) is 29.4 Å². The van der Waals surface area contributed by atoms with Crippen LogP contribution in [0.4, 0.5) is 0 Å². The molecule has 0 atom stereocenters. The van der Waals surface area contributed by atoms with Crippen LogP contribution in [0.3, 0.4) is 0 Å². The van der Waals surface area contributed by atoms with Crippen molar-refractivity contribution in [2.24, 2.45) is 0 Å². The van der Waals surface area contributed by atoms with Crippen LogP contribution in [0, 0.1) is 6.08 Å². The standard InChI is InChI=1S/C9H9O/c1-7-3-5-9(6-4-7)8(2)10/h3,5-6H,1-2H3/q+1. The Bertz CT molecular complexity index is 241. The lowest BCUT2D eigenvalue weighted by Gasteiger charge is -1.88. The molecule has 1 aliphatic carbocycles. The predicted octanol–water partition coefficient (Wildman–Crippen LogP) is 1.82. The molecular weight excluding hydrogens is 124 g/mol. The van der Waals surface area contributed by atoms with E-state index in [2.05, 4.69) is 6.08 Å². The molecule has 1 nitrogen and oxygen atoms in total. The van der Waals surface area contributed by atoms with E-state index in [0.29, 0.717) is 0 Å². The van der Waals surface area contributed by atoms with Crippen molar-refractivity contribution in [2.45, 2.75) is 13.8 Å². The lowest BCUT2D eigenvalue weighted by molar-refractivity contribution is -0.113. The number of Topliss-reactive ketones (excluding diaryl/α,β-unsaturated/α-hetero) is 1. The maximum atomic E-state index is 10.7. The van der Waals surface area contributed by atoms with Crippen molar-refractivity contribution in [1.29, 1.82) is 0 Å². The van der Waals surface area contributed by atoms with E-state index in [9.17, 15) is 4.79 Å². The minimum absolute atomic E-state index is 0.0938. The summed E-state index contributed by atoms with van der Waals surface area (Å²) < 4.78 is 0. The van der Waals surface area contributed by atoms with Crippen LogP contribution in [-0.2, 0) is 4.79 Å². The molecule has 0 spiro atoms. The Hall–Kier alpha value is -1.20. The molecule has 0 aromatic carbocycles. The van der Waals surface area contributed by atoms with Gasteiger partial charge >= 0.3 is 0 Å². The smallest absolute Gasteiger partial charge is 0.215 e. The maximum absolute atomic E-state index is 10.7. The molecule has 0 saturated heterocycles. The molecule has 0 unspecified atom stereocenters. The van der Waals surface area contributed by atoms with Crippen molar-refractivity contribution in [2.75, 3.05) is 0 Å². The zero-order chi connectivity index (χ0) is 7.56. The zero-order valence-corrected chi connectivity index (χ0v) is 6.14. The number of rotatable bonds is 1. The van der Waals surface area contributed by atoms with Gasteiger partial charge in [0.15, 0.2) is 0 Å². The summed E-state index contributed by atoms with van der Waals surface area (Å²) in [6.45, 7) is 3.50. The third-order valence-corrected chi connectivity index (χ3v) is 1.37. The fourth-order valence-electron chi connectivity index (χ4n) is 0.722. The molecule has 1 heteroatoms. The van der Waals surface area contributed by atoms with Crippen LogP contribution >= 0.6 is 0 Å². The highest BCUT2D eigenvalue weighted by Crippen LogP contribution is 2.08. The van der Waals surface area contributed by atoms with E-state index in [0.717, 1.165) is 11.1 Å². The molecule has 0 saturated carbocycles. The first-order valence-corrected chi connectivity index (χ1v) is 3.19. The van der Waals surface area contributed by atoms with Crippen LogP contribution in [0.1, 0.15) is 13.8 Å². The molecule has 0 heterocycles. The summed E-state index contributed by atoms with van der Waals surface area (Å²) in [6.07, 6.45) is 8.38. The highest BCUT2D eigenvalue weighted by atomic mass is 16.1. The second kappa shape index (κ2) is 2.59. The van der Waals surface area contributed by atoms with E-state index < -0.39 is 0 Å². The Kier molecular flexibility index (Phi) is 1.79. The van der Waals surface area contributed by atoms with E-state index in [-0.39, 0.29) is 5.78 Å². The Labute approximate surface area is 60.7 Å². The minimum atomic E-state index is 0.0938. The van der Waals surface area contributed by atoms with Gasteiger partial charge in [-0.1, -0.05) is 0 Å². The second-order valence-electron chi connectivity index (χ2n) is 2.32. The van der Waals surface area contributed by atoms with Gasteiger partial charge in [0.25, 0.3) is 0 Å². The quantitative estimate of drug-likeness (QED) is 0.499. The number of ketones is 1. The third-order valence-electron chi connectivity index (χ3n) is 1.37. The molecule has 0 aromatic heterocycles. The van der Waals surface area contributed by atoms with E-state index in [1.165, 1.54) is 0 Å². The first-order chi connectivity index (χ1) is 4.70. The predicted molar refractivity (Wildman–Crippen MR) is 40.3 cm³/mol. The van der Waals surface area contributed by atoms with Crippen molar-refractivity contribution in [3.63, 3.8) is 0 Å². The number of hydrogen-bond donors (Lipinski definition) is 0. The SMILES string of the molecule is CC(=O)C1=C[C+]=C(C)C=C1. The molecular formula is C9H9O+. The first-order valence-electron chi connectivity index (χ1n) is 3.19. The monoisotopic (exact) mass is 133 g/mol. The van der Waals surface area contributed by atoms with Crippen LogP contribution < -0.4 is 0 Å². The molecule has 1 aliphatic rings. The lowest BCUT2D eigenvalue weighted by atomic mass is 10.1. The molecule has 0 bridgehead atoms. The highest BCUT2D eigenvalue weighted by molar-refractivity contribution is 5.96. The van der Waals surface area contributed by atoms with Crippen molar-refractivity contribution < 1.29 is 4.79 Å². The summed E-state index contributed by atoms with van der Waals surface area (Å²) in [7, 11) is 0. The molecule has 0 radical (unpaired) electrons. The van der Waals surface area contributed by atoms with Crippen molar-refractivity contribution in [3.8, 4) is 0 Å². The van der Waals surface area contributed by atoms with Crippen molar-refractivity contribution in [1.82, 2.24) is 0 Å². The molecule has 1 rings (SSSR count). The van der Waals surface area contributed by atoms with Crippen molar-refractivity contribution >= 4 is 5.78 Å². The van der Waals surface area contributed by atoms with Crippen LogP contribution in [0.25, 0.3) is 0 Å². The van der Waals surface area contributed by atoms with Gasteiger partial charge in [-0.15, -0.1) is 0 Å². The molecule has 0 aliphatic heterocycles. The largest absolute Gasteiger partial charge is 0.279 e. The van der Waals surface area contributed by atoms with Gasteiger partial charge in [0, 0.05) is 13.0 Å². The average Bonchev–Trinajstić information content (AvgIpc) is 1.88. The number of hydrogen-bond acceptors (Lipinski definition) is 1. The highest BCUT2D eigenvalue weighted by Gasteiger charge is 2.09. The molecule has 0 amide bonds. The lowest BCUT2D eigenvalue weighted by Crippen LogP contribution is -1.94. The van der Waals surface area contributed by atoms with Gasteiger partial charge in [-0.25, -0.2) is 0 Å². The minimum Gasteiger partial charge on any atom is -0.279 e. The Morgan fingerprint density at radius 1 is 1.50 bits per heavy atom. The number of carbonyl (C=O) groups excluding carboxylic acids is 1. The molecule has 10 heavy (non-hydrogen) atoms. The van der Waals surface area contributed by atoms with Gasteiger partial charge in [0.05, 0.1) is 12.2 Å². The molecule has 50 valence electrons. The Balaban J connectivity index is 2.88. The van der Waals surface area contributed by atoms with Gasteiger partial charge in [0.1, 0.15) is 17.2 Å². The van der Waals surface area contributed by atoms with Gasteiger partial charge in [-0.3, -0.25) is 4.79 Å². The first kappa shape index (κ1) is 6.91. The summed E-state index contributed by atoms with van der Waals surface area (Å²) in [5, 5.41) is 0. The van der Waals surface area contributed by atoms with E-state index in [4.69, 9.17) is 0 Å². The Morgan fingerprint density at radius 3 is 2.60 bits per heavy atom. The van der Waals surface area contributed by atoms with Gasteiger partial charge < -0.3 is 0 Å². The normalized spacial score (nSPS) is 15.4. The summed E-state index contributed by atoms with van der Waals surface area (Å²) in [6, 6.07) is 0. The van der Waals surface area contributed by atoms with Crippen molar-refractivity contribution in [3.05, 3.63) is 35.5 Å². The molecule has 0 N–H and O–H groups in total. The molecule has 0 aromatic rings. The van der Waals surface area contributed by atoms with Gasteiger partial charge in [0.2, 0.25) is 5.78 Å². The van der Waals surface area contributed by atoms with Crippen LogP contribution in [0.5, 0.6) is 0 Å². The Morgan fingerprint density at radius 2 is 2.20 bits per heavy atom. The van der Waals surface area contributed by atoms with E-state index >= 15 is 0 Å². The molecule has 0 fully saturated rings. The number of allylic oxidation sites excluding steroid dienone is 6. The maximum Gasteiger partial charge on any atom is 0.215 e. The van der Waals surface area contributed by atoms with Crippen LogP contribution in [0.2, 0.25) is 0 Å². The fourth-order valence-corrected chi connectivity index (χ4v) is 0.722. The number of carbonyl (C=O) groups is 1. The van der Waals surface area contributed by atoms with Crippen LogP contribution in [-0.4, -0.2) is 5.78 Å². The van der Waals surface area contributed by atoms with Gasteiger partial charge in [-0.05, 0) is 6.92 Å². The second-order valence-corrected chi connectivity index (χ2v) is 2.32. The zero-order valence-electron chi connectivity index (χ0n) is 6.14. The van der Waals surface area contributed by atoms with E-state index in [1.807, 2.05) is 19.1 Å². The summed E-state index contributed by atoms with van der Waals surface area (Å²) in [5.41, 5.74) is 1.79. The summed E-state index contributed by atoms with van der Waals surface area (Å²) in [5.74, 6) is 0.0938. The summed E-state index contributed by atoms with van der Waals surface area (Å²) >= 11 is 0. The fraction of sp³-hybridized carbons (Fsp3) is 0.222. The summed E-state index contributed by atoms with van der Waals surface area (Å²) in [4.78, 5) is 10.7. The van der Waals surface area contributed by atoms with Gasteiger partial charge in [-0.2, -0.15) is 0 Å². The van der Waals surface area contributed by atoms with E-state index in [1.54, 1.807) is 13.0 Å². The topological polar surface area (TPSA) is 17.1 Å². The third kappa shape index (κ3) is 1.40.